The lowest BCUT2D eigenvalue weighted by Gasteiger charge is -2.04. The zero-order chi connectivity index (χ0) is 19.9. The van der Waals surface area contributed by atoms with Gasteiger partial charge in [-0.15, -0.1) is 22.7 Å². The monoisotopic (exact) mass is 419 g/mol. The number of hydrogen-bond acceptors (Lipinski definition) is 5. The van der Waals surface area contributed by atoms with Crippen LogP contribution in [0.15, 0.2) is 87.6 Å². The average Bonchev–Trinajstić information content (AvgIpc) is 3.43. The molecule has 0 amide bonds. The topological polar surface area (TPSA) is 38.9 Å². The Balaban J connectivity index is 1.67. The summed E-state index contributed by atoms with van der Waals surface area (Å²) in [7, 11) is 1.67. The highest BCUT2D eigenvalue weighted by Gasteiger charge is 2.08. The first-order valence-corrected chi connectivity index (χ1v) is 11.1. The molecular weight excluding hydrogens is 398 g/mol. The van der Waals surface area contributed by atoms with Crippen LogP contribution in [0.5, 0.6) is 5.75 Å². The molecule has 0 spiro atoms. The van der Waals surface area contributed by atoms with E-state index in [-0.39, 0.29) is 0 Å². The third-order valence-corrected chi connectivity index (χ3v) is 6.15. The van der Waals surface area contributed by atoms with E-state index in [4.69, 9.17) is 14.8 Å². The fourth-order valence-electron chi connectivity index (χ4n) is 2.93. The van der Waals surface area contributed by atoms with E-state index >= 15 is 0 Å². The molecular formula is C23H21N3OS2. The van der Waals surface area contributed by atoms with Gasteiger partial charge in [0.1, 0.15) is 5.75 Å². The van der Waals surface area contributed by atoms with Gasteiger partial charge in [0.25, 0.3) is 0 Å². The van der Waals surface area contributed by atoms with Crippen LogP contribution >= 0.6 is 22.7 Å². The van der Waals surface area contributed by atoms with E-state index in [9.17, 15) is 0 Å². The number of aromatic nitrogens is 1. The van der Waals surface area contributed by atoms with E-state index in [0.29, 0.717) is 0 Å². The van der Waals surface area contributed by atoms with Crippen LogP contribution in [0.2, 0.25) is 0 Å². The van der Waals surface area contributed by atoms with E-state index in [2.05, 4.69) is 47.2 Å². The summed E-state index contributed by atoms with van der Waals surface area (Å²) in [5, 5.41) is 8.96. The lowest BCUT2D eigenvalue weighted by atomic mass is 10.2. The Hall–Kier alpha value is -2.96. The van der Waals surface area contributed by atoms with Crippen LogP contribution in [0.4, 0.5) is 0 Å². The molecule has 0 saturated heterocycles. The normalized spacial score (nSPS) is 12.0. The first-order valence-electron chi connectivity index (χ1n) is 9.31. The number of rotatable bonds is 7. The zero-order valence-corrected chi connectivity index (χ0v) is 17.7. The van der Waals surface area contributed by atoms with Crippen molar-refractivity contribution in [3.63, 3.8) is 0 Å². The first kappa shape index (κ1) is 19.4. The van der Waals surface area contributed by atoms with Gasteiger partial charge >= 0.3 is 0 Å². The molecule has 29 heavy (non-hydrogen) atoms. The van der Waals surface area contributed by atoms with Gasteiger partial charge in [0.15, 0.2) is 0 Å². The molecule has 2 aromatic carbocycles. The molecule has 6 heteroatoms. The molecule has 2 heterocycles. The van der Waals surface area contributed by atoms with Crippen molar-refractivity contribution >= 4 is 28.9 Å². The van der Waals surface area contributed by atoms with Gasteiger partial charge in [0.05, 0.1) is 23.9 Å². The second kappa shape index (κ2) is 9.49. The molecule has 0 fully saturated rings. The summed E-state index contributed by atoms with van der Waals surface area (Å²) in [5.41, 5.74) is 3.27. The zero-order valence-electron chi connectivity index (χ0n) is 16.1. The molecule has 0 aliphatic carbocycles. The van der Waals surface area contributed by atoms with Crippen molar-refractivity contribution in [1.29, 1.82) is 0 Å². The summed E-state index contributed by atoms with van der Waals surface area (Å²) >= 11 is 3.31. The fraction of sp³-hybridized carbons (Fsp3) is 0.130. The molecule has 2 aromatic heterocycles. The molecule has 0 atom stereocenters. The van der Waals surface area contributed by atoms with Gasteiger partial charge in [-0.05, 0) is 35.6 Å². The van der Waals surface area contributed by atoms with Gasteiger partial charge in [-0.25, -0.2) is 4.68 Å². The average molecular weight is 420 g/mol. The van der Waals surface area contributed by atoms with Crippen molar-refractivity contribution in [1.82, 2.24) is 4.68 Å². The van der Waals surface area contributed by atoms with Crippen LogP contribution in [-0.2, 0) is 6.42 Å². The van der Waals surface area contributed by atoms with E-state index in [1.54, 1.807) is 29.8 Å². The minimum atomic E-state index is 0.721. The summed E-state index contributed by atoms with van der Waals surface area (Å²) < 4.78 is 7.37. The summed E-state index contributed by atoms with van der Waals surface area (Å²) in [6, 6.07) is 22.4. The smallest absolute Gasteiger partial charge is 0.206 e. The molecule has 4 rings (SSSR count). The van der Waals surface area contributed by atoms with Crippen molar-refractivity contribution in [3.8, 4) is 16.3 Å². The maximum absolute atomic E-state index is 5.44. The summed E-state index contributed by atoms with van der Waals surface area (Å²) in [6.07, 6.45) is 2.74. The number of thiazole rings is 1. The Morgan fingerprint density at radius 2 is 1.79 bits per heavy atom. The minimum absolute atomic E-state index is 0.721. The molecule has 4 aromatic rings. The number of nitrogens with zero attached hydrogens (tertiary/aromatic N) is 3. The van der Waals surface area contributed by atoms with Crippen molar-refractivity contribution in [3.05, 3.63) is 93.4 Å². The third-order valence-electron chi connectivity index (χ3n) is 4.40. The minimum Gasteiger partial charge on any atom is -0.496 e. The molecule has 0 aliphatic rings. The summed E-state index contributed by atoms with van der Waals surface area (Å²) in [6.45, 7) is 0.721. The standard InChI is InChI=1S/C23H21N3OS2/c1-27-21-11-6-5-10-19(21)16-25-26-20(22-12-7-15-28-22)17-29-23(26)24-14-13-18-8-3-2-4-9-18/h2-12,15-17H,13-14H2,1H3. The van der Waals surface area contributed by atoms with Crippen LogP contribution in [0.25, 0.3) is 10.6 Å². The van der Waals surface area contributed by atoms with Crippen LogP contribution < -0.4 is 9.54 Å². The number of thiophene rings is 1. The Kier molecular flexibility index (Phi) is 6.34. The van der Waals surface area contributed by atoms with E-state index in [0.717, 1.165) is 34.8 Å². The summed E-state index contributed by atoms with van der Waals surface area (Å²) in [5.74, 6) is 0.798. The highest BCUT2D eigenvalue weighted by atomic mass is 32.1. The van der Waals surface area contributed by atoms with Crippen LogP contribution in [-0.4, -0.2) is 24.5 Å². The molecule has 0 radical (unpaired) electrons. The Morgan fingerprint density at radius 1 is 0.966 bits per heavy atom. The van der Waals surface area contributed by atoms with Gasteiger partial charge in [0.2, 0.25) is 4.80 Å². The predicted molar refractivity (Wildman–Crippen MR) is 122 cm³/mol. The highest BCUT2D eigenvalue weighted by Crippen LogP contribution is 2.25. The van der Waals surface area contributed by atoms with Gasteiger partial charge < -0.3 is 4.74 Å². The molecule has 0 N–H and O–H groups in total. The largest absolute Gasteiger partial charge is 0.496 e. The third kappa shape index (κ3) is 4.72. The molecule has 0 bridgehead atoms. The number of methoxy groups -OCH3 is 1. The van der Waals surface area contributed by atoms with Gasteiger partial charge in [-0.1, -0.05) is 48.5 Å². The van der Waals surface area contributed by atoms with E-state index in [1.807, 2.05) is 41.2 Å². The first-order chi connectivity index (χ1) is 14.3. The Labute approximate surface area is 178 Å². The maximum atomic E-state index is 5.44. The second-order valence-electron chi connectivity index (χ2n) is 6.30. The lowest BCUT2D eigenvalue weighted by molar-refractivity contribution is 0.414. The second-order valence-corrected chi connectivity index (χ2v) is 8.08. The number of para-hydroxylation sites is 1. The summed E-state index contributed by atoms with van der Waals surface area (Å²) in [4.78, 5) is 6.88. The number of ether oxygens (including phenoxy) is 1. The van der Waals surface area contributed by atoms with Crippen LogP contribution in [0.3, 0.4) is 0 Å². The number of benzene rings is 2. The lowest BCUT2D eigenvalue weighted by Crippen LogP contribution is -2.13. The Bertz CT molecular complexity index is 1140. The maximum Gasteiger partial charge on any atom is 0.206 e. The van der Waals surface area contributed by atoms with Gasteiger partial charge in [0, 0.05) is 17.5 Å². The molecule has 4 nitrogen and oxygen atoms in total. The quantitative estimate of drug-likeness (QED) is 0.374. The van der Waals surface area contributed by atoms with Gasteiger partial charge in [-0.2, -0.15) is 5.10 Å². The molecule has 146 valence electrons. The van der Waals surface area contributed by atoms with Crippen molar-refractivity contribution in [2.24, 2.45) is 10.1 Å². The van der Waals surface area contributed by atoms with Crippen LogP contribution in [0.1, 0.15) is 11.1 Å². The van der Waals surface area contributed by atoms with Crippen molar-refractivity contribution < 1.29 is 4.74 Å². The van der Waals surface area contributed by atoms with Crippen molar-refractivity contribution in [2.75, 3.05) is 13.7 Å². The Morgan fingerprint density at radius 3 is 2.59 bits per heavy atom. The van der Waals surface area contributed by atoms with Crippen molar-refractivity contribution in [2.45, 2.75) is 6.42 Å². The SMILES string of the molecule is COc1ccccc1C=Nn1c(-c2cccs2)csc1=NCCc1ccccc1. The van der Waals surface area contributed by atoms with Crippen LogP contribution in [0, 0.1) is 0 Å². The predicted octanol–water partition coefficient (Wildman–Crippen LogP) is 5.31. The number of hydrogen-bond donors (Lipinski definition) is 0. The van der Waals surface area contributed by atoms with E-state index < -0.39 is 0 Å². The fourth-order valence-corrected chi connectivity index (χ4v) is 4.59. The molecule has 0 saturated carbocycles. The van der Waals surface area contributed by atoms with E-state index in [1.165, 1.54) is 10.4 Å². The van der Waals surface area contributed by atoms with Gasteiger partial charge in [-0.3, -0.25) is 4.99 Å². The molecule has 0 aliphatic heterocycles. The highest BCUT2D eigenvalue weighted by molar-refractivity contribution is 7.14. The molecule has 0 unspecified atom stereocenters.